The number of carbonyl (C=O) groups excluding carboxylic acids is 4. The average molecular weight is 418 g/mol. The number of ketones is 3. The van der Waals surface area contributed by atoms with Crippen LogP contribution in [0.1, 0.15) is 59.3 Å². The van der Waals surface area contributed by atoms with Gasteiger partial charge in [0.15, 0.2) is 12.4 Å². The fraction of sp³-hybridized carbons (Fsp3) is 0.739. The quantitative estimate of drug-likeness (QED) is 0.667. The second-order valence-electron chi connectivity index (χ2n) is 10.2. The highest BCUT2D eigenvalue weighted by molar-refractivity contribution is 5.95. The monoisotopic (exact) mass is 418 g/mol. The van der Waals surface area contributed by atoms with Crippen molar-refractivity contribution in [3.63, 3.8) is 0 Å². The molecule has 0 heterocycles. The Morgan fingerprint density at radius 3 is 2.43 bits per heavy atom. The number of ether oxygens (including phenoxy) is 1. The molecule has 3 fully saturated rings. The summed E-state index contributed by atoms with van der Waals surface area (Å²) in [6, 6.07) is 0. The molecule has 164 valence electrons. The normalized spacial score (nSPS) is 47.3. The van der Waals surface area contributed by atoms with Gasteiger partial charge in [-0.05, 0) is 50.5 Å². The standard InChI is InChI=1S/C23H30O7/c1-13(24)30-12-18(27)23(29)9-6-16-15-5-8-22(7-4-14(25)10-22)21(3,28)19(15)17(26)11-20(16,23)2/h4,7,15-16,19,28-29H,5-6,8-12H2,1-3H3/t15-,16-,19+,20-,21-,22-,23-/m0/s1. The van der Waals surface area contributed by atoms with E-state index in [0.717, 1.165) is 0 Å². The second-order valence-corrected chi connectivity index (χ2v) is 10.2. The van der Waals surface area contributed by atoms with Gasteiger partial charge >= 0.3 is 5.97 Å². The summed E-state index contributed by atoms with van der Waals surface area (Å²) in [6.45, 7) is 4.14. The second kappa shape index (κ2) is 6.57. The third kappa shape index (κ3) is 2.64. The first kappa shape index (κ1) is 21.4. The molecule has 0 aliphatic heterocycles. The topological polar surface area (TPSA) is 118 Å². The van der Waals surface area contributed by atoms with E-state index < -0.39 is 46.3 Å². The molecule has 0 saturated heterocycles. The number of fused-ring (bicyclic) bond motifs is 3. The van der Waals surface area contributed by atoms with Crippen LogP contribution in [0.15, 0.2) is 12.2 Å². The third-order valence-electron chi connectivity index (χ3n) is 8.90. The highest BCUT2D eigenvalue weighted by Gasteiger charge is 2.70. The van der Waals surface area contributed by atoms with Crippen LogP contribution in [0.2, 0.25) is 0 Å². The Labute approximate surface area is 175 Å². The van der Waals surface area contributed by atoms with Gasteiger partial charge < -0.3 is 14.9 Å². The Balaban J connectivity index is 1.66. The van der Waals surface area contributed by atoms with Crippen LogP contribution in [-0.2, 0) is 23.9 Å². The van der Waals surface area contributed by atoms with Crippen LogP contribution in [0.25, 0.3) is 0 Å². The third-order valence-corrected chi connectivity index (χ3v) is 8.90. The minimum atomic E-state index is -1.74. The lowest BCUT2D eigenvalue weighted by Crippen LogP contribution is -2.65. The number of aliphatic hydroxyl groups is 2. The Morgan fingerprint density at radius 1 is 1.13 bits per heavy atom. The van der Waals surface area contributed by atoms with Crippen LogP contribution in [0.4, 0.5) is 0 Å². The molecule has 7 heteroatoms. The van der Waals surface area contributed by atoms with Gasteiger partial charge in [0.25, 0.3) is 0 Å². The van der Waals surface area contributed by atoms with E-state index >= 15 is 0 Å². The van der Waals surface area contributed by atoms with Gasteiger partial charge in [-0.15, -0.1) is 0 Å². The van der Waals surface area contributed by atoms with Crippen LogP contribution in [-0.4, -0.2) is 51.3 Å². The van der Waals surface area contributed by atoms with Gasteiger partial charge in [-0.2, -0.15) is 0 Å². The molecule has 0 radical (unpaired) electrons. The predicted octanol–water partition coefficient (Wildman–Crippen LogP) is 1.53. The molecule has 0 aromatic carbocycles. The minimum absolute atomic E-state index is 0.0228. The lowest BCUT2D eigenvalue weighted by atomic mass is 9.46. The zero-order valence-corrected chi connectivity index (χ0v) is 17.8. The molecule has 4 aliphatic carbocycles. The molecule has 0 aromatic rings. The van der Waals surface area contributed by atoms with Crippen molar-refractivity contribution in [2.45, 2.75) is 70.5 Å². The molecular formula is C23H30O7. The maximum absolute atomic E-state index is 13.4. The molecular weight excluding hydrogens is 388 g/mol. The van der Waals surface area contributed by atoms with E-state index in [1.807, 2.05) is 0 Å². The number of allylic oxidation sites excluding steroid dienone is 1. The summed E-state index contributed by atoms with van der Waals surface area (Å²) >= 11 is 0. The molecule has 4 aliphatic rings. The highest BCUT2D eigenvalue weighted by Crippen LogP contribution is 2.66. The van der Waals surface area contributed by atoms with Gasteiger partial charge in [-0.1, -0.05) is 13.0 Å². The van der Waals surface area contributed by atoms with E-state index in [1.165, 1.54) is 13.0 Å². The predicted molar refractivity (Wildman–Crippen MR) is 105 cm³/mol. The number of esters is 1. The molecule has 30 heavy (non-hydrogen) atoms. The molecule has 3 saturated carbocycles. The Morgan fingerprint density at radius 2 is 1.83 bits per heavy atom. The molecule has 4 rings (SSSR count). The van der Waals surface area contributed by atoms with Gasteiger partial charge in [0.05, 0.1) is 11.5 Å². The first-order valence-electron chi connectivity index (χ1n) is 10.7. The fourth-order valence-corrected chi connectivity index (χ4v) is 7.21. The van der Waals surface area contributed by atoms with Crippen LogP contribution < -0.4 is 0 Å². The smallest absolute Gasteiger partial charge is 0.303 e. The van der Waals surface area contributed by atoms with Crippen LogP contribution in [0.3, 0.4) is 0 Å². The molecule has 7 atom stereocenters. The number of hydrogen-bond acceptors (Lipinski definition) is 7. The lowest BCUT2D eigenvalue weighted by molar-refractivity contribution is -0.197. The van der Waals surface area contributed by atoms with E-state index in [4.69, 9.17) is 4.74 Å². The van der Waals surface area contributed by atoms with Crippen molar-refractivity contribution in [3.05, 3.63) is 12.2 Å². The minimum Gasteiger partial charge on any atom is -0.458 e. The number of carbonyl (C=O) groups is 4. The van der Waals surface area contributed by atoms with Crippen molar-refractivity contribution in [2.75, 3.05) is 6.61 Å². The first-order chi connectivity index (χ1) is 13.9. The Hall–Kier alpha value is -1.86. The molecule has 2 N–H and O–H groups in total. The number of rotatable bonds is 3. The van der Waals surface area contributed by atoms with Crippen LogP contribution in [0, 0.1) is 28.6 Å². The highest BCUT2D eigenvalue weighted by atomic mass is 16.5. The number of hydrogen-bond donors (Lipinski definition) is 2. The molecule has 0 amide bonds. The average Bonchev–Trinajstić information content (AvgIpc) is 3.15. The summed E-state index contributed by atoms with van der Waals surface area (Å²) in [5.74, 6) is -2.29. The molecule has 0 aromatic heterocycles. The van der Waals surface area contributed by atoms with E-state index in [2.05, 4.69) is 0 Å². The molecule has 0 bridgehead atoms. The maximum atomic E-state index is 13.4. The zero-order valence-electron chi connectivity index (χ0n) is 17.8. The van der Waals surface area contributed by atoms with Crippen molar-refractivity contribution in [1.29, 1.82) is 0 Å². The largest absolute Gasteiger partial charge is 0.458 e. The summed E-state index contributed by atoms with van der Waals surface area (Å²) in [5, 5.41) is 23.0. The van der Waals surface area contributed by atoms with E-state index in [0.29, 0.717) is 19.3 Å². The maximum Gasteiger partial charge on any atom is 0.303 e. The lowest BCUT2D eigenvalue weighted by Gasteiger charge is -2.59. The SMILES string of the molecule is CC(=O)OCC(=O)[C@@]1(O)CC[C@H]2[C@@H]3CC[C@]4(C=CC(=O)C4)[C@@](C)(O)[C@H]3C(=O)C[C@@]21C. The van der Waals surface area contributed by atoms with Crippen LogP contribution in [0.5, 0.6) is 0 Å². The van der Waals surface area contributed by atoms with Gasteiger partial charge in [0, 0.05) is 30.6 Å². The Kier molecular flexibility index (Phi) is 4.68. The van der Waals surface area contributed by atoms with Gasteiger partial charge in [-0.3, -0.25) is 19.2 Å². The van der Waals surface area contributed by atoms with E-state index in [9.17, 15) is 29.4 Å². The van der Waals surface area contributed by atoms with Gasteiger partial charge in [0.2, 0.25) is 5.78 Å². The Bertz CT molecular complexity index is 858. The number of Topliss-reactive ketones (excluding diaryl/α,β-unsaturated/α-hetero) is 2. The summed E-state index contributed by atoms with van der Waals surface area (Å²) in [6.07, 6.45) is 5.48. The fourth-order valence-electron chi connectivity index (χ4n) is 7.21. The van der Waals surface area contributed by atoms with Crippen molar-refractivity contribution >= 4 is 23.3 Å². The molecule has 1 spiro atoms. The van der Waals surface area contributed by atoms with Gasteiger partial charge in [-0.25, -0.2) is 0 Å². The summed E-state index contributed by atoms with van der Waals surface area (Å²) < 4.78 is 4.83. The molecule has 0 unspecified atom stereocenters. The van der Waals surface area contributed by atoms with Crippen molar-refractivity contribution in [1.82, 2.24) is 0 Å². The summed E-state index contributed by atoms with van der Waals surface area (Å²) in [5.41, 5.74) is -4.80. The van der Waals surface area contributed by atoms with Crippen molar-refractivity contribution in [3.8, 4) is 0 Å². The zero-order chi connectivity index (χ0) is 22.1. The summed E-state index contributed by atoms with van der Waals surface area (Å²) in [4.78, 5) is 49.3. The van der Waals surface area contributed by atoms with Crippen molar-refractivity contribution in [2.24, 2.45) is 28.6 Å². The van der Waals surface area contributed by atoms with Crippen molar-refractivity contribution < 1.29 is 34.1 Å². The first-order valence-corrected chi connectivity index (χ1v) is 10.7. The van der Waals surface area contributed by atoms with E-state index in [-0.39, 0.29) is 42.7 Å². The molecule has 7 nitrogen and oxygen atoms in total. The van der Waals surface area contributed by atoms with Gasteiger partial charge in [0.1, 0.15) is 11.4 Å². The van der Waals surface area contributed by atoms with Crippen LogP contribution >= 0.6 is 0 Å². The van der Waals surface area contributed by atoms with E-state index in [1.54, 1.807) is 19.9 Å². The summed E-state index contributed by atoms with van der Waals surface area (Å²) in [7, 11) is 0.